The lowest BCUT2D eigenvalue weighted by Gasteiger charge is -2.01. The molecule has 1 aromatic heterocycles. The van der Waals surface area contributed by atoms with E-state index in [0.29, 0.717) is 5.69 Å². The summed E-state index contributed by atoms with van der Waals surface area (Å²) in [5.74, 6) is -1.38. The van der Waals surface area contributed by atoms with Crippen molar-refractivity contribution in [1.29, 1.82) is 0 Å². The second kappa shape index (κ2) is 5.13. The number of hydrogen-bond acceptors (Lipinski definition) is 3. The third-order valence-corrected chi connectivity index (χ3v) is 2.20. The van der Waals surface area contributed by atoms with Crippen LogP contribution in [0.15, 0.2) is 42.6 Å². The van der Waals surface area contributed by atoms with Crippen molar-refractivity contribution >= 4 is 17.6 Å². The molecule has 1 heterocycles. The molecule has 2 rings (SSSR count). The third kappa shape index (κ3) is 2.94. The van der Waals surface area contributed by atoms with Gasteiger partial charge in [-0.2, -0.15) is 5.10 Å². The lowest BCUT2D eigenvalue weighted by Crippen LogP contribution is -2.14. The number of benzene rings is 1. The number of carbonyl (C=O) groups is 2. The van der Waals surface area contributed by atoms with E-state index >= 15 is 0 Å². The van der Waals surface area contributed by atoms with Crippen LogP contribution in [0.2, 0.25) is 0 Å². The molecule has 92 valence electrons. The monoisotopic (exact) mass is 245 g/mol. The molecule has 2 aromatic rings. The Morgan fingerprint density at radius 3 is 2.61 bits per heavy atom. The van der Waals surface area contributed by atoms with Gasteiger partial charge in [0.1, 0.15) is 6.54 Å². The van der Waals surface area contributed by atoms with E-state index in [9.17, 15) is 9.59 Å². The Labute approximate surface area is 103 Å². The summed E-state index contributed by atoms with van der Waals surface area (Å²) in [5, 5.41) is 15.1. The lowest BCUT2D eigenvalue weighted by molar-refractivity contribution is -0.137. The molecule has 0 atom stereocenters. The minimum absolute atomic E-state index is 0.181. The fourth-order valence-corrected chi connectivity index (χ4v) is 1.43. The topological polar surface area (TPSA) is 84.2 Å². The number of para-hydroxylation sites is 1. The molecule has 0 radical (unpaired) electrons. The zero-order chi connectivity index (χ0) is 13.0. The summed E-state index contributed by atoms with van der Waals surface area (Å²) in [5.41, 5.74) is 0.843. The van der Waals surface area contributed by atoms with Crippen LogP contribution in [-0.2, 0) is 11.3 Å². The van der Waals surface area contributed by atoms with Crippen LogP contribution in [0.3, 0.4) is 0 Å². The van der Waals surface area contributed by atoms with E-state index < -0.39 is 5.97 Å². The highest BCUT2D eigenvalue weighted by Gasteiger charge is 2.10. The number of nitrogens with one attached hydrogen (secondary N) is 1. The first-order valence-corrected chi connectivity index (χ1v) is 5.27. The summed E-state index contributed by atoms with van der Waals surface area (Å²) < 4.78 is 1.20. The van der Waals surface area contributed by atoms with Gasteiger partial charge >= 0.3 is 5.97 Å². The van der Waals surface area contributed by atoms with Crippen LogP contribution in [0.4, 0.5) is 5.69 Å². The Kier molecular flexibility index (Phi) is 3.38. The molecule has 6 heteroatoms. The number of carbonyl (C=O) groups excluding carboxylic acids is 1. The minimum Gasteiger partial charge on any atom is -0.480 e. The van der Waals surface area contributed by atoms with E-state index in [-0.39, 0.29) is 18.1 Å². The molecule has 0 bridgehead atoms. The summed E-state index contributed by atoms with van der Waals surface area (Å²) in [6.45, 7) is -0.265. The molecule has 0 aliphatic carbocycles. The van der Waals surface area contributed by atoms with Gasteiger partial charge in [-0.25, -0.2) is 0 Å². The predicted molar refractivity (Wildman–Crippen MR) is 64.3 cm³/mol. The van der Waals surface area contributed by atoms with Crippen molar-refractivity contribution in [2.75, 3.05) is 5.32 Å². The van der Waals surface area contributed by atoms with Crippen molar-refractivity contribution in [2.45, 2.75) is 6.54 Å². The van der Waals surface area contributed by atoms with Crippen LogP contribution in [0.1, 0.15) is 10.5 Å². The van der Waals surface area contributed by atoms with Crippen LogP contribution in [-0.4, -0.2) is 26.8 Å². The average Bonchev–Trinajstić information content (AvgIpc) is 2.78. The maximum Gasteiger partial charge on any atom is 0.325 e. The third-order valence-electron chi connectivity index (χ3n) is 2.20. The molecule has 1 aromatic carbocycles. The van der Waals surface area contributed by atoms with Crippen molar-refractivity contribution in [3.05, 3.63) is 48.3 Å². The van der Waals surface area contributed by atoms with E-state index in [1.54, 1.807) is 24.3 Å². The molecule has 0 saturated carbocycles. The van der Waals surface area contributed by atoms with Crippen LogP contribution >= 0.6 is 0 Å². The second-order valence-electron chi connectivity index (χ2n) is 3.61. The Balaban J connectivity index is 2.05. The molecular weight excluding hydrogens is 234 g/mol. The number of carboxylic acids is 1. The smallest absolute Gasteiger partial charge is 0.325 e. The van der Waals surface area contributed by atoms with Crippen LogP contribution in [0.5, 0.6) is 0 Å². The fourth-order valence-electron chi connectivity index (χ4n) is 1.43. The van der Waals surface area contributed by atoms with Gasteiger partial charge in [0.2, 0.25) is 0 Å². The first kappa shape index (κ1) is 11.8. The van der Waals surface area contributed by atoms with Gasteiger partial charge < -0.3 is 10.4 Å². The molecule has 2 N–H and O–H groups in total. The van der Waals surface area contributed by atoms with Crippen molar-refractivity contribution < 1.29 is 14.7 Å². The Morgan fingerprint density at radius 2 is 1.94 bits per heavy atom. The van der Waals surface area contributed by atoms with Gasteiger partial charge in [0, 0.05) is 11.9 Å². The number of hydrogen-bond donors (Lipinski definition) is 2. The number of nitrogens with zero attached hydrogens (tertiary/aromatic N) is 2. The van der Waals surface area contributed by atoms with E-state index in [1.807, 2.05) is 6.07 Å². The number of amides is 1. The Bertz CT molecular complexity index is 563. The molecule has 0 saturated heterocycles. The molecule has 6 nitrogen and oxygen atoms in total. The largest absolute Gasteiger partial charge is 0.480 e. The van der Waals surface area contributed by atoms with Crippen molar-refractivity contribution in [3.8, 4) is 0 Å². The second-order valence-corrected chi connectivity index (χ2v) is 3.61. The van der Waals surface area contributed by atoms with Crippen LogP contribution in [0, 0.1) is 0 Å². The first-order chi connectivity index (χ1) is 8.65. The molecule has 0 spiro atoms. The van der Waals surface area contributed by atoms with Crippen molar-refractivity contribution in [1.82, 2.24) is 9.78 Å². The summed E-state index contributed by atoms with van der Waals surface area (Å²) in [7, 11) is 0. The van der Waals surface area contributed by atoms with Crippen molar-refractivity contribution in [3.63, 3.8) is 0 Å². The van der Waals surface area contributed by atoms with E-state index in [1.165, 1.54) is 16.9 Å². The first-order valence-electron chi connectivity index (χ1n) is 5.27. The molecule has 0 aliphatic rings. The van der Waals surface area contributed by atoms with E-state index in [4.69, 9.17) is 5.11 Å². The summed E-state index contributed by atoms with van der Waals surface area (Å²) in [6, 6.07) is 10.4. The SMILES string of the molecule is O=C(O)Cn1ccc(C(=O)Nc2ccccc2)n1. The number of carboxylic acid groups (broad SMARTS) is 1. The lowest BCUT2D eigenvalue weighted by atomic mass is 10.3. The van der Waals surface area contributed by atoms with Gasteiger partial charge in [0.25, 0.3) is 5.91 Å². The number of aromatic nitrogens is 2. The molecule has 0 aliphatic heterocycles. The quantitative estimate of drug-likeness (QED) is 0.848. The van der Waals surface area contributed by atoms with Gasteiger partial charge in [0.05, 0.1) is 0 Å². The summed E-state index contributed by atoms with van der Waals surface area (Å²) >= 11 is 0. The molecule has 0 unspecified atom stereocenters. The average molecular weight is 245 g/mol. The van der Waals surface area contributed by atoms with E-state index in [0.717, 1.165) is 0 Å². The standard InChI is InChI=1S/C12H11N3O3/c16-11(17)8-15-7-6-10(14-15)12(18)13-9-4-2-1-3-5-9/h1-7H,8H2,(H,13,18)(H,16,17). The number of rotatable bonds is 4. The highest BCUT2D eigenvalue weighted by atomic mass is 16.4. The molecule has 18 heavy (non-hydrogen) atoms. The van der Waals surface area contributed by atoms with Gasteiger partial charge in [-0.1, -0.05) is 18.2 Å². The number of anilines is 1. The maximum atomic E-state index is 11.8. The molecule has 1 amide bonds. The van der Waals surface area contributed by atoms with Crippen LogP contribution in [0.25, 0.3) is 0 Å². The summed E-state index contributed by atoms with van der Waals surface area (Å²) in [6.07, 6.45) is 1.45. The van der Waals surface area contributed by atoms with Gasteiger partial charge in [-0.15, -0.1) is 0 Å². The van der Waals surface area contributed by atoms with Gasteiger partial charge in [-0.3, -0.25) is 14.3 Å². The van der Waals surface area contributed by atoms with Gasteiger partial charge in [-0.05, 0) is 18.2 Å². The van der Waals surface area contributed by atoms with Crippen molar-refractivity contribution in [2.24, 2.45) is 0 Å². The normalized spacial score (nSPS) is 10.0. The fraction of sp³-hybridized carbons (Fsp3) is 0.0833. The highest BCUT2D eigenvalue weighted by molar-refractivity contribution is 6.02. The van der Waals surface area contributed by atoms with Crippen LogP contribution < -0.4 is 5.32 Å². The maximum absolute atomic E-state index is 11.8. The zero-order valence-corrected chi connectivity index (χ0v) is 9.41. The highest BCUT2D eigenvalue weighted by Crippen LogP contribution is 2.07. The predicted octanol–water partition coefficient (Wildman–Crippen LogP) is 1.22. The zero-order valence-electron chi connectivity index (χ0n) is 9.41. The Hall–Kier alpha value is -2.63. The minimum atomic E-state index is -1.01. The number of aliphatic carboxylic acids is 1. The van der Waals surface area contributed by atoms with E-state index in [2.05, 4.69) is 10.4 Å². The molecule has 0 fully saturated rings. The van der Waals surface area contributed by atoms with Gasteiger partial charge in [0.15, 0.2) is 5.69 Å². The Morgan fingerprint density at radius 1 is 1.22 bits per heavy atom. The summed E-state index contributed by atoms with van der Waals surface area (Å²) in [4.78, 5) is 22.3. The molecular formula is C12H11N3O3.